The van der Waals surface area contributed by atoms with Crippen molar-refractivity contribution in [2.45, 2.75) is 11.0 Å². The summed E-state index contributed by atoms with van der Waals surface area (Å²) in [5, 5.41) is 4.11. The second kappa shape index (κ2) is 5.79. The molecule has 0 spiro atoms. The number of para-hydroxylation sites is 1. The van der Waals surface area contributed by atoms with Gasteiger partial charge in [0.1, 0.15) is 6.10 Å². The summed E-state index contributed by atoms with van der Waals surface area (Å²) in [7, 11) is -3.23. The highest BCUT2D eigenvalue weighted by Gasteiger charge is 2.25. The lowest BCUT2D eigenvalue weighted by molar-refractivity contribution is 0.0399. The molecule has 1 aliphatic heterocycles. The Bertz CT molecular complexity index is 710. The zero-order chi connectivity index (χ0) is 14.9. The first kappa shape index (κ1) is 14.6. The first-order valence-corrected chi connectivity index (χ1v) is 9.57. The van der Waals surface area contributed by atoms with E-state index in [0.717, 1.165) is 11.3 Å². The molecule has 6 heteroatoms. The molecule has 2 aromatic rings. The second-order valence-electron chi connectivity index (χ2n) is 5.10. The van der Waals surface area contributed by atoms with Crippen LogP contribution in [0.3, 0.4) is 0 Å². The average molecular weight is 323 g/mol. The van der Waals surface area contributed by atoms with Crippen LogP contribution >= 0.6 is 11.3 Å². The number of thiophene rings is 1. The SMILES string of the molecule is CS(=O)(=O)c1ccccc1N1CCOC(c2ccsc2)C1. The molecule has 1 aliphatic rings. The van der Waals surface area contributed by atoms with Gasteiger partial charge in [0.2, 0.25) is 0 Å². The number of anilines is 1. The lowest BCUT2D eigenvalue weighted by Crippen LogP contribution is -2.38. The Morgan fingerprint density at radius 2 is 2.10 bits per heavy atom. The molecule has 1 fully saturated rings. The zero-order valence-electron chi connectivity index (χ0n) is 11.7. The summed E-state index contributed by atoms with van der Waals surface area (Å²) >= 11 is 1.64. The summed E-state index contributed by atoms with van der Waals surface area (Å²) in [6.07, 6.45) is 1.25. The highest BCUT2D eigenvalue weighted by Crippen LogP contribution is 2.31. The van der Waals surface area contributed by atoms with Gasteiger partial charge in [-0.1, -0.05) is 12.1 Å². The van der Waals surface area contributed by atoms with E-state index in [0.29, 0.717) is 24.6 Å². The molecule has 1 saturated heterocycles. The number of morpholine rings is 1. The largest absolute Gasteiger partial charge is 0.370 e. The number of hydrogen-bond donors (Lipinski definition) is 0. The predicted octanol–water partition coefficient (Wildman–Crippen LogP) is 2.73. The van der Waals surface area contributed by atoms with Crippen LogP contribution in [0.2, 0.25) is 0 Å². The molecule has 112 valence electrons. The number of rotatable bonds is 3. The van der Waals surface area contributed by atoms with Crippen LogP contribution in [0.4, 0.5) is 5.69 Å². The monoisotopic (exact) mass is 323 g/mol. The maximum atomic E-state index is 12.0. The molecule has 3 rings (SSSR count). The second-order valence-corrected chi connectivity index (χ2v) is 7.87. The van der Waals surface area contributed by atoms with Crippen LogP contribution in [0.1, 0.15) is 11.7 Å². The van der Waals surface area contributed by atoms with E-state index in [4.69, 9.17) is 4.74 Å². The highest BCUT2D eigenvalue weighted by atomic mass is 32.2. The maximum absolute atomic E-state index is 12.0. The number of sulfone groups is 1. The summed E-state index contributed by atoms with van der Waals surface area (Å²) in [6.45, 7) is 1.97. The van der Waals surface area contributed by atoms with Crippen molar-refractivity contribution >= 4 is 26.9 Å². The third-order valence-corrected chi connectivity index (χ3v) is 5.43. The van der Waals surface area contributed by atoms with Gasteiger partial charge in [-0.3, -0.25) is 0 Å². The summed E-state index contributed by atoms with van der Waals surface area (Å²) in [5.74, 6) is 0. The van der Waals surface area contributed by atoms with E-state index in [-0.39, 0.29) is 6.10 Å². The molecule has 1 atom stereocenters. The van der Waals surface area contributed by atoms with E-state index in [1.165, 1.54) is 6.26 Å². The number of benzene rings is 1. The lowest BCUT2D eigenvalue weighted by Gasteiger charge is -2.35. The molecular formula is C15H17NO3S2. The molecule has 1 unspecified atom stereocenters. The van der Waals surface area contributed by atoms with Gasteiger partial charge < -0.3 is 9.64 Å². The fourth-order valence-corrected chi connectivity index (χ4v) is 4.16. The first-order valence-electron chi connectivity index (χ1n) is 6.73. The van der Waals surface area contributed by atoms with Crippen molar-refractivity contribution in [3.8, 4) is 0 Å². The van der Waals surface area contributed by atoms with Crippen molar-refractivity contribution in [1.82, 2.24) is 0 Å². The Morgan fingerprint density at radius 1 is 1.29 bits per heavy atom. The van der Waals surface area contributed by atoms with Crippen LogP contribution in [-0.4, -0.2) is 34.4 Å². The minimum absolute atomic E-state index is 0.00221. The fourth-order valence-electron chi connectivity index (χ4n) is 2.56. The van der Waals surface area contributed by atoms with Gasteiger partial charge in [-0.05, 0) is 34.5 Å². The van der Waals surface area contributed by atoms with Crippen molar-refractivity contribution in [1.29, 1.82) is 0 Å². The number of ether oxygens (including phenoxy) is 1. The molecule has 2 heterocycles. The average Bonchev–Trinajstić information content (AvgIpc) is 3.01. The Kier molecular flexibility index (Phi) is 4.01. The van der Waals surface area contributed by atoms with Gasteiger partial charge in [0.15, 0.2) is 9.84 Å². The molecule has 1 aromatic heterocycles. The van der Waals surface area contributed by atoms with E-state index >= 15 is 0 Å². The lowest BCUT2D eigenvalue weighted by atomic mass is 10.1. The van der Waals surface area contributed by atoms with Gasteiger partial charge in [-0.15, -0.1) is 0 Å². The predicted molar refractivity (Wildman–Crippen MR) is 84.8 cm³/mol. The molecule has 21 heavy (non-hydrogen) atoms. The summed E-state index contributed by atoms with van der Waals surface area (Å²) in [4.78, 5) is 2.48. The Morgan fingerprint density at radius 3 is 2.81 bits per heavy atom. The Hall–Kier alpha value is -1.37. The summed E-state index contributed by atoms with van der Waals surface area (Å²) in [6, 6.07) is 9.23. The molecule has 0 amide bonds. The number of hydrogen-bond acceptors (Lipinski definition) is 5. The van der Waals surface area contributed by atoms with Crippen LogP contribution in [-0.2, 0) is 14.6 Å². The van der Waals surface area contributed by atoms with Gasteiger partial charge in [-0.2, -0.15) is 11.3 Å². The maximum Gasteiger partial charge on any atom is 0.177 e. The molecule has 0 N–H and O–H groups in total. The third-order valence-electron chi connectivity index (χ3n) is 3.59. The van der Waals surface area contributed by atoms with Crippen LogP contribution in [0, 0.1) is 0 Å². The molecule has 0 bridgehead atoms. The van der Waals surface area contributed by atoms with E-state index in [2.05, 4.69) is 16.3 Å². The Labute approximate surface area is 128 Å². The number of nitrogens with zero attached hydrogens (tertiary/aromatic N) is 1. The van der Waals surface area contributed by atoms with Gasteiger partial charge in [0.25, 0.3) is 0 Å². The van der Waals surface area contributed by atoms with E-state index in [9.17, 15) is 8.42 Å². The molecule has 0 aliphatic carbocycles. The van der Waals surface area contributed by atoms with Crippen molar-refractivity contribution in [3.63, 3.8) is 0 Å². The first-order chi connectivity index (χ1) is 10.1. The van der Waals surface area contributed by atoms with Crippen LogP contribution in [0.5, 0.6) is 0 Å². The molecule has 0 saturated carbocycles. The molecule has 4 nitrogen and oxygen atoms in total. The van der Waals surface area contributed by atoms with Gasteiger partial charge >= 0.3 is 0 Å². The van der Waals surface area contributed by atoms with E-state index in [1.807, 2.05) is 17.5 Å². The standard InChI is InChI=1S/C15H17NO3S2/c1-21(17,18)15-5-3-2-4-13(15)16-7-8-19-14(10-16)12-6-9-20-11-12/h2-6,9,11,14H,7-8,10H2,1H3. The van der Waals surface area contributed by atoms with Crippen molar-refractivity contribution in [3.05, 3.63) is 46.7 Å². The van der Waals surface area contributed by atoms with Crippen molar-refractivity contribution in [2.75, 3.05) is 30.9 Å². The molecule has 0 radical (unpaired) electrons. The van der Waals surface area contributed by atoms with Crippen LogP contribution in [0.15, 0.2) is 46.0 Å². The van der Waals surface area contributed by atoms with Crippen molar-refractivity contribution < 1.29 is 13.2 Å². The zero-order valence-corrected chi connectivity index (χ0v) is 13.4. The Balaban J connectivity index is 1.91. The topological polar surface area (TPSA) is 46.6 Å². The highest BCUT2D eigenvalue weighted by molar-refractivity contribution is 7.90. The van der Waals surface area contributed by atoms with E-state index < -0.39 is 9.84 Å². The normalized spacial score (nSPS) is 19.7. The van der Waals surface area contributed by atoms with Crippen LogP contribution < -0.4 is 4.90 Å². The quantitative estimate of drug-likeness (QED) is 0.871. The minimum atomic E-state index is -3.23. The van der Waals surface area contributed by atoms with Gasteiger partial charge in [0, 0.05) is 19.3 Å². The summed E-state index contributed by atoms with van der Waals surface area (Å²) in [5.41, 5.74) is 1.92. The van der Waals surface area contributed by atoms with Gasteiger partial charge in [0.05, 0.1) is 17.2 Å². The van der Waals surface area contributed by atoms with Crippen molar-refractivity contribution in [2.24, 2.45) is 0 Å². The summed E-state index contributed by atoms with van der Waals surface area (Å²) < 4.78 is 29.7. The third kappa shape index (κ3) is 3.12. The fraction of sp³-hybridized carbons (Fsp3) is 0.333. The molecular weight excluding hydrogens is 306 g/mol. The smallest absolute Gasteiger partial charge is 0.177 e. The minimum Gasteiger partial charge on any atom is -0.370 e. The van der Waals surface area contributed by atoms with E-state index in [1.54, 1.807) is 23.5 Å². The molecule has 1 aromatic carbocycles. The van der Waals surface area contributed by atoms with Gasteiger partial charge in [-0.25, -0.2) is 8.42 Å². The van der Waals surface area contributed by atoms with Crippen LogP contribution in [0.25, 0.3) is 0 Å².